The van der Waals surface area contributed by atoms with Crippen LogP contribution in [0.25, 0.3) is 10.9 Å². The van der Waals surface area contributed by atoms with E-state index in [1.54, 1.807) is 35.6 Å². The quantitative estimate of drug-likeness (QED) is 0.429. The van der Waals surface area contributed by atoms with Crippen molar-refractivity contribution in [1.82, 2.24) is 4.98 Å². The molecule has 0 aliphatic carbocycles. The number of carbonyl (C=O) groups is 1. The summed E-state index contributed by atoms with van der Waals surface area (Å²) in [5, 5.41) is 17.3. The van der Waals surface area contributed by atoms with Crippen molar-refractivity contribution in [3.05, 3.63) is 88.2 Å². The number of nitrogens with one attached hydrogen (secondary N) is 2. The Hall–Kier alpha value is -3.40. The highest BCUT2D eigenvalue weighted by molar-refractivity contribution is 7.10. The molecule has 0 aliphatic heterocycles. The van der Waals surface area contributed by atoms with Crippen LogP contribution in [0.3, 0.4) is 0 Å². The Morgan fingerprint density at radius 1 is 1.20 bits per heavy atom. The molecule has 150 valence electrons. The number of quaternary nitrogens is 1. The molecule has 0 saturated carbocycles. The summed E-state index contributed by atoms with van der Waals surface area (Å²) in [5.74, 6) is 0.118. The Labute approximate surface area is 179 Å². The zero-order valence-electron chi connectivity index (χ0n) is 16.6. The van der Waals surface area contributed by atoms with Gasteiger partial charge in [-0.3, -0.25) is 4.79 Å². The number of amides is 1. The smallest absolute Gasteiger partial charge is 0.282 e. The lowest BCUT2D eigenvalue weighted by Crippen LogP contribution is -2.92. The SMILES string of the molecule is C[C@@H]([NH2+]C[C@H](c1cccs1)c1c[nH]c2ccccc12)C(=O)Nc1cccc(C#N)c1. The van der Waals surface area contributed by atoms with E-state index >= 15 is 0 Å². The van der Waals surface area contributed by atoms with Crippen molar-refractivity contribution in [2.75, 3.05) is 11.9 Å². The lowest BCUT2D eigenvalue weighted by atomic mass is 9.96. The maximum atomic E-state index is 12.7. The number of hydrogen-bond donors (Lipinski definition) is 3. The van der Waals surface area contributed by atoms with Crippen molar-refractivity contribution in [3.8, 4) is 6.07 Å². The van der Waals surface area contributed by atoms with Crippen LogP contribution in [0.15, 0.2) is 72.2 Å². The van der Waals surface area contributed by atoms with Crippen LogP contribution in [0.2, 0.25) is 0 Å². The lowest BCUT2D eigenvalue weighted by Gasteiger charge is -2.17. The molecular weight excluding hydrogens is 392 g/mol. The van der Waals surface area contributed by atoms with Crippen LogP contribution >= 0.6 is 11.3 Å². The number of aromatic amines is 1. The maximum absolute atomic E-state index is 12.7. The molecule has 0 fully saturated rings. The van der Waals surface area contributed by atoms with E-state index < -0.39 is 0 Å². The van der Waals surface area contributed by atoms with Gasteiger partial charge >= 0.3 is 0 Å². The van der Waals surface area contributed by atoms with E-state index in [1.165, 1.54) is 15.8 Å². The van der Waals surface area contributed by atoms with Crippen LogP contribution < -0.4 is 10.6 Å². The summed E-state index contributed by atoms with van der Waals surface area (Å²) >= 11 is 1.74. The second-order valence-corrected chi connectivity index (χ2v) is 8.28. The second-order valence-electron chi connectivity index (χ2n) is 7.30. The molecule has 1 amide bonds. The first-order valence-electron chi connectivity index (χ1n) is 9.89. The van der Waals surface area contributed by atoms with Gasteiger partial charge in [0.05, 0.1) is 24.1 Å². The topological polar surface area (TPSA) is 85.3 Å². The van der Waals surface area contributed by atoms with Gasteiger partial charge in [0.2, 0.25) is 0 Å². The highest BCUT2D eigenvalue weighted by Crippen LogP contribution is 2.32. The van der Waals surface area contributed by atoms with Crippen LogP contribution in [-0.4, -0.2) is 23.5 Å². The number of rotatable bonds is 7. The molecule has 2 atom stereocenters. The summed E-state index contributed by atoms with van der Waals surface area (Å²) in [5.41, 5.74) is 3.54. The van der Waals surface area contributed by atoms with E-state index in [9.17, 15) is 4.79 Å². The Morgan fingerprint density at radius 3 is 2.87 bits per heavy atom. The molecule has 0 aliphatic rings. The fraction of sp³-hybridized carbons (Fsp3) is 0.167. The molecule has 2 heterocycles. The van der Waals surface area contributed by atoms with Crippen molar-refractivity contribution < 1.29 is 10.1 Å². The minimum Gasteiger partial charge on any atom is -0.361 e. The minimum atomic E-state index is -0.261. The van der Waals surface area contributed by atoms with Gasteiger partial charge < -0.3 is 15.6 Å². The number of aromatic nitrogens is 1. The highest BCUT2D eigenvalue weighted by Gasteiger charge is 2.24. The Bertz CT molecular complexity index is 1190. The third-order valence-corrected chi connectivity index (χ3v) is 6.27. The molecule has 6 heteroatoms. The molecule has 4 N–H and O–H groups in total. The first kappa shape index (κ1) is 19.9. The third kappa shape index (κ3) is 4.28. The van der Waals surface area contributed by atoms with Crippen LogP contribution in [0, 0.1) is 11.3 Å². The number of nitrogens with zero attached hydrogens (tertiary/aromatic N) is 1. The highest BCUT2D eigenvalue weighted by atomic mass is 32.1. The number of para-hydroxylation sites is 1. The van der Waals surface area contributed by atoms with Crippen molar-refractivity contribution in [3.63, 3.8) is 0 Å². The summed E-state index contributed by atoms with van der Waals surface area (Å²) < 4.78 is 0. The third-order valence-electron chi connectivity index (χ3n) is 5.28. The fourth-order valence-electron chi connectivity index (χ4n) is 3.64. The van der Waals surface area contributed by atoms with Crippen LogP contribution in [0.5, 0.6) is 0 Å². The summed E-state index contributed by atoms with van der Waals surface area (Å²) in [4.78, 5) is 17.3. The Kier molecular flexibility index (Phi) is 5.94. The fourth-order valence-corrected chi connectivity index (χ4v) is 4.50. The van der Waals surface area contributed by atoms with E-state index in [4.69, 9.17) is 5.26 Å². The number of fused-ring (bicyclic) bond motifs is 1. The zero-order chi connectivity index (χ0) is 20.9. The number of hydrogen-bond acceptors (Lipinski definition) is 3. The average Bonchev–Trinajstić information content (AvgIpc) is 3.45. The van der Waals surface area contributed by atoms with E-state index in [1.807, 2.05) is 13.0 Å². The molecule has 2 aromatic heterocycles. The van der Waals surface area contributed by atoms with Gasteiger partial charge in [-0.1, -0.05) is 30.3 Å². The van der Waals surface area contributed by atoms with Gasteiger partial charge in [-0.05, 0) is 48.2 Å². The summed E-state index contributed by atoms with van der Waals surface area (Å²) in [7, 11) is 0. The number of nitriles is 1. The number of thiophene rings is 1. The van der Waals surface area contributed by atoms with E-state index in [-0.39, 0.29) is 17.9 Å². The summed E-state index contributed by atoms with van der Waals surface area (Å²) in [6.45, 7) is 2.67. The predicted octanol–water partition coefficient (Wildman–Crippen LogP) is 3.82. The standard InChI is InChI=1S/C24H22N4OS/c1-16(24(29)28-18-7-4-6-17(12-18)13-25)26-15-21(23-10-5-11-30-23)20-14-27-22-9-3-2-8-19(20)22/h2-12,14,16,21,26-27H,15H2,1H3,(H,28,29)/p+1/t16-,21+/m1/s1. The molecule has 0 unspecified atom stereocenters. The van der Waals surface area contributed by atoms with Crippen molar-refractivity contribution in [1.29, 1.82) is 5.26 Å². The van der Waals surface area contributed by atoms with Gasteiger partial charge in [0.25, 0.3) is 5.91 Å². The molecule has 5 nitrogen and oxygen atoms in total. The monoisotopic (exact) mass is 415 g/mol. The molecule has 0 spiro atoms. The van der Waals surface area contributed by atoms with Crippen molar-refractivity contribution in [2.24, 2.45) is 0 Å². The number of carbonyl (C=O) groups excluding carboxylic acids is 1. The van der Waals surface area contributed by atoms with Gasteiger partial charge in [0.1, 0.15) is 0 Å². The van der Waals surface area contributed by atoms with E-state index in [0.29, 0.717) is 11.3 Å². The van der Waals surface area contributed by atoms with Gasteiger partial charge in [-0.15, -0.1) is 11.3 Å². The van der Waals surface area contributed by atoms with Gasteiger partial charge in [-0.25, -0.2) is 0 Å². The van der Waals surface area contributed by atoms with Gasteiger partial charge in [0.15, 0.2) is 6.04 Å². The molecule has 30 heavy (non-hydrogen) atoms. The normalized spacial score (nSPS) is 12.9. The first-order valence-corrected chi connectivity index (χ1v) is 10.8. The molecular formula is C24H23N4OS+. The van der Waals surface area contributed by atoms with Crippen LogP contribution in [0.1, 0.15) is 28.8 Å². The van der Waals surface area contributed by atoms with E-state index in [2.05, 4.69) is 63.6 Å². The number of H-pyrrole nitrogens is 1. The Morgan fingerprint density at radius 2 is 2.07 bits per heavy atom. The minimum absolute atomic E-state index is 0.0750. The maximum Gasteiger partial charge on any atom is 0.282 e. The lowest BCUT2D eigenvalue weighted by molar-refractivity contribution is -0.674. The molecule has 2 aromatic carbocycles. The first-order chi connectivity index (χ1) is 14.7. The molecule has 4 aromatic rings. The number of benzene rings is 2. The number of anilines is 1. The van der Waals surface area contributed by atoms with E-state index in [0.717, 1.165) is 12.1 Å². The molecule has 0 radical (unpaired) electrons. The second kappa shape index (κ2) is 8.95. The van der Waals surface area contributed by atoms with Gasteiger partial charge in [0, 0.05) is 27.7 Å². The number of nitrogens with two attached hydrogens (primary N) is 1. The van der Waals surface area contributed by atoms with Crippen LogP contribution in [0.4, 0.5) is 5.69 Å². The predicted molar refractivity (Wildman–Crippen MR) is 121 cm³/mol. The molecule has 4 rings (SSSR count). The molecule has 0 bridgehead atoms. The molecule has 0 saturated heterocycles. The summed E-state index contributed by atoms with van der Waals surface area (Å²) in [6, 6.07) is 21.3. The van der Waals surface area contributed by atoms with Crippen molar-refractivity contribution in [2.45, 2.75) is 18.9 Å². The van der Waals surface area contributed by atoms with Crippen molar-refractivity contribution >= 4 is 33.8 Å². The zero-order valence-corrected chi connectivity index (χ0v) is 17.4. The summed E-state index contributed by atoms with van der Waals surface area (Å²) in [6.07, 6.45) is 2.08. The largest absolute Gasteiger partial charge is 0.361 e. The average molecular weight is 416 g/mol. The van der Waals surface area contributed by atoms with Gasteiger partial charge in [-0.2, -0.15) is 5.26 Å². The van der Waals surface area contributed by atoms with Crippen LogP contribution in [-0.2, 0) is 4.79 Å². The Balaban J connectivity index is 1.49.